The second kappa shape index (κ2) is 20.5. The van der Waals surface area contributed by atoms with Crippen LogP contribution in [-0.4, -0.2) is 10.7 Å². The lowest BCUT2D eigenvalue weighted by Gasteiger charge is -2.12. The number of aryl methyl sites for hydroxylation is 2. The first-order valence-electron chi connectivity index (χ1n) is 15.4. The minimum Gasteiger partial charge on any atom is -0.248 e. The third kappa shape index (κ3) is 14.0. The molecule has 0 aliphatic heterocycles. The number of fused-ring (bicyclic) bond motifs is 1. The van der Waals surface area contributed by atoms with Crippen LogP contribution in [0.4, 0.5) is 0 Å². The summed E-state index contributed by atoms with van der Waals surface area (Å²) < 4.78 is 0. The molecule has 1 aromatic heterocycles. The van der Waals surface area contributed by atoms with Gasteiger partial charge in [0, 0.05) is 5.39 Å². The SMILES string of the molecule is C1CC1.C=C/C=C(C(=C)C)\C(=C/C)CCCc1cccc(/C=C/c2ccc3ccc(C)cc3n2)c1.C=CCCCCS. The van der Waals surface area contributed by atoms with Gasteiger partial charge in [0.2, 0.25) is 0 Å². The van der Waals surface area contributed by atoms with E-state index < -0.39 is 0 Å². The third-order valence-electron chi connectivity index (χ3n) is 6.79. The molecule has 1 aliphatic carbocycles. The summed E-state index contributed by atoms with van der Waals surface area (Å²) in [5.74, 6) is 1.01. The number of rotatable bonds is 13. The number of allylic oxidation sites excluding steroid dienone is 7. The Bertz CT molecular complexity index is 1370. The number of aromatic nitrogens is 1. The van der Waals surface area contributed by atoms with Crippen LogP contribution >= 0.6 is 12.6 Å². The smallest absolute Gasteiger partial charge is 0.0711 e. The van der Waals surface area contributed by atoms with Crippen LogP contribution in [0, 0.1) is 6.92 Å². The Morgan fingerprint density at radius 1 is 0.952 bits per heavy atom. The van der Waals surface area contributed by atoms with Crippen LogP contribution in [0.3, 0.4) is 0 Å². The van der Waals surface area contributed by atoms with Crippen molar-refractivity contribution in [2.75, 3.05) is 5.75 Å². The van der Waals surface area contributed by atoms with E-state index in [4.69, 9.17) is 4.98 Å². The largest absolute Gasteiger partial charge is 0.248 e. The molecule has 222 valence electrons. The van der Waals surface area contributed by atoms with Crippen LogP contribution in [0.5, 0.6) is 0 Å². The van der Waals surface area contributed by atoms with Crippen molar-refractivity contribution in [3.05, 3.63) is 138 Å². The molecule has 2 heteroatoms. The molecule has 42 heavy (non-hydrogen) atoms. The molecule has 4 rings (SSSR count). The summed E-state index contributed by atoms with van der Waals surface area (Å²) in [6.45, 7) is 17.8. The maximum absolute atomic E-state index is 4.79. The Kier molecular flexibility index (Phi) is 17.0. The van der Waals surface area contributed by atoms with Gasteiger partial charge in [-0.1, -0.05) is 111 Å². The van der Waals surface area contributed by atoms with Gasteiger partial charge < -0.3 is 0 Å². The summed E-state index contributed by atoms with van der Waals surface area (Å²) in [5, 5.41) is 1.17. The molecular weight excluding hydrogens is 527 g/mol. The first kappa shape index (κ1) is 34.8. The molecule has 1 saturated carbocycles. The number of pyridine rings is 1. The van der Waals surface area contributed by atoms with E-state index in [1.54, 1.807) is 0 Å². The van der Waals surface area contributed by atoms with Crippen LogP contribution in [0.2, 0.25) is 0 Å². The molecule has 0 N–H and O–H groups in total. The molecule has 1 aliphatic rings. The predicted octanol–water partition coefficient (Wildman–Crippen LogP) is 12.1. The summed E-state index contributed by atoms with van der Waals surface area (Å²) in [7, 11) is 0. The van der Waals surface area contributed by atoms with Crippen LogP contribution in [0.15, 0.2) is 115 Å². The summed E-state index contributed by atoms with van der Waals surface area (Å²) in [6, 6.07) is 19.4. The Balaban J connectivity index is 0.000000523. The summed E-state index contributed by atoms with van der Waals surface area (Å²) in [5.41, 5.74) is 9.44. The number of nitrogens with zero attached hydrogens (tertiary/aromatic N) is 1. The predicted molar refractivity (Wildman–Crippen MR) is 193 cm³/mol. The van der Waals surface area contributed by atoms with Crippen molar-refractivity contribution in [2.24, 2.45) is 0 Å². The molecule has 0 unspecified atom stereocenters. The summed E-state index contributed by atoms with van der Waals surface area (Å²) in [4.78, 5) is 4.79. The lowest BCUT2D eigenvalue weighted by molar-refractivity contribution is 0.816. The van der Waals surface area contributed by atoms with Gasteiger partial charge in [0.05, 0.1) is 11.2 Å². The Morgan fingerprint density at radius 2 is 1.71 bits per heavy atom. The number of hydrogen-bond donors (Lipinski definition) is 1. The van der Waals surface area contributed by atoms with E-state index >= 15 is 0 Å². The van der Waals surface area contributed by atoms with Crippen LogP contribution in [0.1, 0.15) is 87.6 Å². The highest BCUT2D eigenvalue weighted by Crippen LogP contribution is 2.24. The van der Waals surface area contributed by atoms with Crippen LogP contribution < -0.4 is 0 Å². The maximum Gasteiger partial charge on any atom is 0.0711 e. The van der Waals surface area contributed by atoms with Gasteiger partial charge in [-0.05, 0) is 111 Å². The standard InChI is InChI=1S/C31H33N.C6H12S.C3H6/c1-6-10-30(23(3)4)27(7-2)14-9-13-25-11-8-12-26(22-25)16-19-29-20-18-28-17-15-24(5)21-31(28)32-29;1-2-3-4-5-6-7;1-2-3-1/h6-8,10-12,15-22H,1,3,9,13-14H2,2,4-5H3;2,7H,1,3-6H2;1-3H2/b19-16+,27-7-,30-10-;;. The van der Waals surface area contributed by atoms with Gasteiger partial charge in [0.15, 0.2) is 0 Å². The minimum absolute atomic E-state index is 0.979. The van der Waals surface area contributed by atoms with Gasteiger partial charge in [-0.25, -0.2) is 4.98 Å². The normalized spacial score (nSPS) is 12.7. The van der Waals surface area contributed by atoms with Crippen molar-refractivity contribution in [2.45, 2.75) is 78.6 Å². The van der Waals surface area contributed by atoms with Gasteiger partial charge in [-0.2, -0.15) is 12.6 Å². The van der Waals surface area contributed by atoms with Crippen LogP contribution in [-0.2, 0) is 6.42 Å². The molecular formula is C40H51NS. The number of benzene rings is 2. The van der Waals surface area contributed by atoms with E-state index in [1.807, 2.05) is 12.2 Å². The van der Waals surface area contributed by atoms with E-state index in [1.165, 1.54) is 65.3 Å². The third-order valence-corrected chi connectivity index (χ3v) is 7.10. The molecule has 0 amide bonds. The first-order chi connectivity index (χ1) is 20.4. The molecule has 1 heterocycles. The zero-order valence-corrected chi connectivity index (χ0v) is 27.1. The second-order valence-corrected chi connectivity index (χ2v) is 11.3. The maximum atomic E-state index is 4.79. The van der Waals surface area contributed by atoms with Crippen molar-refractivity contribution < 1.29 is 0 Å². The lowest BCUT2D eigenvalue weighted by Crippen LogP contribution is -1.94. The van der Waals surface area contributed by atoms with Crippen molar-refractivity contribution in [3.8, 4) is 0 Å². The molecule has 0 atom stereocenters. The monoisotopic (exact) mass is 577 g/mol. The second-order valence-electron chi connectivity index (χ2n) is 10.8. The van der Waals surface area contributed by atoms with Crippen LogP contribution in [0.25, 0.3) is 23.1 Å². The Labute approximate surface area is 262 Å². The van der Waals surface area contributed by atoms with Gasteiger partial charge in [0.25, 0.3) is 0 Å². The lowest BCUT2D eigenvalue weighted by atomic mass is 9.93. The molecule has 1 fully saturated rings. The highest BCUT2D eigenvalue weighted by Gasteiger charge is 2.05. The Morgan fingerprint density at radius 3 is 2.36 bits per heavy atom. The van der Waals surface area contributed by atoms with Gasteiger partial charge >= 0.3 is 0 Å². The molecule has 1 nitrogen and oxygen atoms in total. The summed E-state index contributed by atoms with van der Waals surface area (Å²) in [6.07, 6.45) is 23.6. The fraction of sp³-hybridized carbons (Fsp3) is 0.325. The van der Waals surface area contributed by atoms with Crippen molar-refractivity contribution >= 4 is 35.7 Å². The van der Waals surface area contributed by atoms with Gasteiger partial charge in [-0.15, -0.1) is 6.58 Å². The zero-order valence-electron chi connectivity index (χ0n) is 26.2. The summed E-state index contributed by atoms with van der Waals surface area (Å²) >= 11 is 4.06. The fourth-order valence-corrected chi connectivity index (χ4v) is 4.55. The number of hydrogen-bond acceptors (Lipinski definition) is 2. The molecule has 2 aromatic carbocycles. The van der Waals surface area contributed by atoms with Gasteiger partial charge in [0.1, 0.15) is 0 Å². The average Bonchev–Trinajstić information content (AvgIpc) is 3.88. The van der Waals surface area contributed by atoms with Crippen molar-refractivity contribution in [1.82, 2.24) is 4.98 Å². The Hall–Kier alpha value is -3.36. The zero-order chi connectivity index (χ0) is 30.6. The van der Waals surface area contributed by atoms with E-state index in [0.717, 1.165) is 48.2 Å². The average molecular weight is 578 g/mol. The highest BCUT2D eigenvalue weighted by atomic mass is 32.1. The van der Waals surface area contributed by atoms with Crippen molar-refractivity contribution in [1.29, 1.82) is 0 Å². The quantitative estimate of drug-likeness (QED) is 0.0922. The topological polar surface area (TPSA) is 12.9 Å². The molecule has 0 saturated heterocycles. The van der Waals surface area contributed by atoms with Gasteiger partial charge in [-0.3, -0.25) is 0 Å². The highest BCUT2D eigenvalue weighted by molar-refractivity contribution is 7.80. The van der Waals surface area contributed by atoms with E-state index in [9.17, 15) is 0 Å². The fourth-order valence-electron chi connectivity index (χ4n) is 4.33. The first-order valence-corrected chi connectivity index (χ1v) is 16.1. The number of unbranched alkanes of at least 4 members (excludes halogenated alkanes) is 2. The van der Waals surface area contributed by atoms with Crippen molar-refractivity contribution in [3.63, 3.8) is 0 Å². The minimum atomic E-state index is 0.979. The number of thiol groups is 1. The molecule has 3 aromatic rings. The molecule has 0 spiro atoms. The van der Waals surface area contributed by atoms with E-state index in [-0.39, 0.29) is 0 Å². The molecule has 0 radical (unpaired) electrons. The van der Waals surface area contributed by atoms with E-state index in [0.29, 0.717) is 0 Å². The molecule has 0 bridgehead atoms. The van der Waals surface area contributed by atoms with E-state index in [2.05, 4.69) is 132 Å².